The Morgan fingerprint density at radius 2 is 1.83 bits per heavy atom. The van der Waals surface area contributed by atoms with Gasteiger partial charge in [0.25, 0.3) is 0 Å². The maximum atomic E-state index is 12.6. The summed E-state index contributed by atoms with van der Waals surface area (Å²) in [5.74, 6) is -0.370. The van der Waals surface area contributed by atoms with Gasteiger partial charge in [0.05, 0.1) is 12.1 Å². The van der Waals surface area contributed by atoms with Crippen molar-refractivity contribution in [3.63, 3.8) is 0 Å². The van der Waals surface area contributed by atoms with Gasteiger partial charge in [-0.15, -0.1) is 4.72 Å². The molecule has 1 aromatic rings. The summed E-state index contributed by atoms with van der Waals surface area (Å²) in [6.07, 6.45) is 0.0234. The summed E-state index contributed by atoms with van der Waals surface area (Å²) in [7, 11) is 0. The molecule has 1 aromatic heterocycles. The molecule has 136 valence electrons. The first-order valence-corrected chi connectivity index (χ1v) is 9.72. The van der Waals surface area contributed by atoms with Gasteiger partial charge in [0.15, 0.2) is 0 Å². The van der Waals surface area contributed by atoms with E-state index in [1.165, 1.54) is 0 Å². The molecule has 0 amide bonds. The van der Waals surface area contributed by atoms with Crippen molar-refractivity contribution in [1.82, 2.24) is 9.71 Å². The van der Waals surface area contributed by atoms with Crippen LogP contribution in [0.25, 0.3) is 0 Å². The van der Waals surface area contributed by atoms with Crippen LogP contribution in [0.1, 0.15) is 60.6 Å². The Morgan fingerprint density at radius 3 is 2.29 bits per heavy atom. The number of nitrogens with one attached hydrogen (secondary N) is 1. The lowest BCUT2D eigenvalue weighted by Gasteiger charge is -2.34. The number of esters is 1. The van der Waals surface area contributed by atoms with Crippen molar-refractivity contribution in [3.8, 4) is 0 Å². The van der Waals surface area contributed by atoms with Crippen molar-refractivity contribution < 1.29 is 14.1 Å². The van der Waals surface area contributed by atoms with Gasteiger partial charge in [0.2, 0.25) is 0 Å². The first-order valence-electron chi connectivity index (χ1n) is 7.77. The number of rotatable bonds is 5. The molecule has 0 radical (unpaired) electrons. The lowest BCUT2D eigenvalue weighted by molar-refractivity contribution is -0.156. The first kappa shape index (κ1) is 21.4. The molecule has 7 heteroatoms. The second-order valence-corrected chi connectivity index (χ2v) is 10.7. The molecule has 0 fully saturated rings. The highest BCUT2D eigenvalue weighted by Gasteiger charge is 2.40. The van der Waals surface area contributed by atoms with Crippen LogP contribution in [0.3, 0.4) is 0 Å². The maximum absolute atomic E-state index is 12.6. The van der Waals surface area contributed by atoms with E-state index in [2.05, 4.69) is 25.6 Å². The van der Waals surface area contributed by atoms with Crippen molar-refractivity contribution in [2.24, 2.45) is 0 Å². The number of nitrogens with zero attached hydrogens (tertiary/aromatic N) is 1. The molecule has 0 aliphatic carbocycles. The van der Waals surface area contributed by atoms with E-state index in [1.807, 2.05) is 60.6 Å². The molecule has 1 rings (SSSR count). The van der Waals surface area contributed by atoms with Crippen LogP contribution in [0.5, 0.6) is 0 Å². The summed E-state index contributed by atoms with van der Waals surface area (Å²) in [5.41, 5.74) is -0.865. The summed E-state index contributed by atoms with van der Waals surface area (Å²) in [6, 6.07) is 5.45. The van der Waals surface area contributed by atoms with E-state index in [0.717, 1.165) is 0 Å². The van der Waals surface area contributed by atoms with Crippen LogP contribution in [0.15, 0.2) is 22.8 Å². The quantitative estimate of drug-likeness (QED) is 0.446. The molecular weight excluding hydrogens is 392 g/mol. The Labute approximate surface area is 156 Å². The zero-order valence-electron chi connectivity index (χ0n) is 15.4. The Balaban J connectivity index is 3.14. The Morgan fingerprint density at radius 1 is 1.25 bits per heavy atom. The van der Waals surface area contributed by atoms with Crippen molar-refractivity contribution in [2.75, 3.05) is 0 Å². The fraction of sp³-hybridized carbons (Fsp3) is 0.647. The minimum absolute atomic E-state index is 0.0234. The average molecular weight is 419 g/mol. The Bertz CT molecular complexity index is 584. The third-order valence-electron chi connectivity index (χ3n) is 3.07. The number of carbonyl (C=O) groups excluding carboxylic acids is 1. The van der Waals surface area contributed by atoms with Crippen LogP contribution in [0.2, 0.25) is 0 Å². The highest BCUT2D eigenvalue weighted by Crippen LogP contribution is 2.29. The van der Waals surface area contributed by atoms with Crippen LogP contribution in [0, 0.1) is 0 Å². The van der Waals surface area contributed by atoms with Crippen LogP contribution in [-0.2, 0) is 26.4 Å². The van der Waals surface area contributed by atoms with Crippen LogP contribution < -0.4 is 4.72 Å². The highest BCUT2D eigenvalue weighted by molar-refractivity contribution is 9.10. The average Bonchev–Trinajstić information content (AvgIpc) is 2.34. The van der Waals surface area contributed by atoms with Gasteiger partial charge in [-0.25, -0.2) is 4.98 Å². The monoisotopic (exact) mass is 418 g/mol. The molecule has 5 nitrogen and oxygen atoms in total. The standard InChI is InChI=1S/C17H27BrN2O3S/c1-15(2,3)23-14(21)11-17(7,20-24(22)16(4,5)6)12-9-8-10-13(18)19-12/h8-10,20H,11H2,1-7H3/t17-,24?/m0/s1. The van der Waals surface area contributed by atoms with Gasteiger partial charge in [-0.05, 0) is 76.5 Å². The molecule has 0 aliphatic rings. The van der Waals surface area contributed by atoms with Gasteiger partial charge < -0.3 is 9.29 Å². The van der Waals surface area contributed by atoms with E-state index in [9.17, 15) is 9.35 Å². The zero-order valence-corrected chi connectivity index (χ0v) is 17.8. The number of halogens is 1. The van der Waals surface area contributed by atoms with Crippen LogP contribution >= 0.6 is 15.9 Å². The third-order valence-corrected chi connectivity index (χ3v) is 5.26. The summed E-state index contributed by atoms with van der Waals surface area (Å²) in [5, 5.41) is 0. The highest BCUT2D eigenvalue weighted by atomic mass is 79.9. The molecule has 0 saturated carbocycles. The summed E-state index contributed by atoms with van der Waals surface area (Å²) >= 11 is 1.98. The number of hydrogen-bond donors (Lipinski definition) is 1. The number of ether oxygens (including phenoxy) is 1. The van der Waals surface area contributed by atoms with E-state index in [1.54, 1.807) is 6.07 Å². The van der Waals surface area contributed by atoms with Gasteiger partial charge in [-0.3, -0.25) is 4.79 Å². The predicted molar refractivity (Wildman–Crippen MR) is 101 cm³/mol. The van der Waals surface area contributed by atoms with Gasteiger partial charge in [0.1, 0.15) is 20.5 Å². The number of hydrogen-bond acceptors (Lipinski definition) is 5. The van der Waals surface area contributed by atoms with Gasteiger partial charge in [-0.1, -0.05) is 6.07 Å². The zero-order chi connectivity index (χ0) is 18.8. The number of pyridine rings is 1. The Hall–Kier alpha value is -0.630. The minimum atomic E-state index is -1.37. The minimum Gasteiger partial charge on any atom is -0.598 e. The normalized spacial score (nSPS) is 16.4. The molecule has 0 spiro atoms. The molecule has 0 aliphatic heterocycles. The van der Waals surface area contributed by atoms with E-state index >= 15 is 0 Å². The van der Waals surface area contributed by atoms with Gasteiger partial charge in [0, 0.05) is 11.4 Å². The molecule has 1 N–H and O–H groups in total. The molecular formula is C17H27BrN2O3S. The molecule has 0 aromatic carbocycles. The maximum Gasteiger partial charge on any atom is 0.308 e. The summed E-state index contributed by atoms with van der Waals surface area (Å²) in [4.78, 5) is 16.8. The van der Waals surface area contributed by atoms with E-state index in [-0.39, 0.29) is 12.4 Å². The van der Waals surface area contributed by atoms with E-state index in [4.69, 9.17) is 4.74 Å². The largest absolute Gasteiger partial charge is 0.598 e. The molecule has 1 unspecified atom stereocenters. The molecule has 24 heavy (non-hydrogen) atoms. The molecule has 1 heterocycles. The van der Waals surface area contributed by atoms with Crippen LogP contribution in [0.4, 0.5) is 0 Å². The predicted octanol–water partition coefficient (Wildman–Crippen LogP) is 3.84. The number of carbonyl (C=O) groups is 1. The molecule has 0 bridgehead atoms. The second-order valence-electron chi connectivity index (χ2n) is 7.92. The third kappa shape index (κ3) is 6.70. The Kier molecular flexibility index (Phi) is 6.89. The molecule has 2 atom stereocenters. The molecule has 0 saturated heterocycles. The second kappa shape index (κ2) is 7.72. The van der Waals surface area contributed by atoms with E-state index < -0.39 is 27.2 Å². The van der Waals surface area contributed by atoms with Gasteiger partial charge in [-0.2, -0.15) is 0 Å². The summed E-state index contributed by atoms with van der Waals surface area (Å²) < 4.78 is 21.3. The lowest BCUT2D eigenvalue weighted by atomic mass is 9.94. The van der Waals surface area contributed by atoms with Crippen molar-refractivity contribution in [2.45, 2.75) is 70.8 Å². The number of aromatic nitrogens is 1. The SMILES string of the molecule is CC(C)(C)OC(=O)C[C@](C)(N[S+]([O-])C(C)(C)C)c1cccc(Br)n1. The lowest BCUT2D eigenvalue weighted by Crippen LogP contribution is -2.51. The van der Waals surface area contributed by atoms with Crippen molar-refractivity contribution >= 4 is 33.3 Å². The first-order chi connectivity index (χ1) is 10.7. The van der Waals surface area contributed by atoms with Crippen LogP contribution in [-0.4, -0.2) is 25.9 Å². The fourth-order valence-corrected chi connectivity index (χ4v) is 3.15. The van der Waals surface area contributed by atoms with Crippen molar-refractivity contribution in [1.29, 1.82) is 0 Å². The van der Waals surface area contributed by atoms with E-state index in [0.29, 0.717) is 10.3 Å². The van der Waals surface area contributed by atoms with Gasteiger partial charge >= 0.3 is 5.97 Å². The topological polar surface area (TPSA) is 74.3 Å². The fourth-order valence-electron chi connectivity index (χ4n) is 1.92. The smallest absolute Gasteiger partial charge is 0.308 e. The van der Waals surface area contributed by atoms with Crippen molar-refractivity contribution in [3.05, 3.63) is 28.5 Å². The summed E-state index contributed by atoms with van der Waals surface area (Å²) in [6.45, 7) is 12.9.